The van der Waals surface area contributed by atoms with Crippen LogP contribution < -0.4 is 9.80 Å². The Kier molecular flexibility index (Phi) is 7.26. The number of nitrogens with zero attached hydrogens (tertiary/aromatic N) is 2. The Balaban J connectivity index is 1.86. The fourth-order valence-electron chi connectivity index (χ4n) is 2.98. The SMILES string of the molecule is Cc1cccc(N(C)C(=O)C#Cc2ccccc2N(C=O)Cc2ccccc2I)c1. The zero-order valence-corrected chi connectivity index (χ0v) is 19.0. The Bertz CT molecular complexity index is 1130. The van der Waals surface area contributed by atoms with Crippen LogP contribution in [0.15, 0.2) is 72.8 Å². The number of para-hydroxylation sites is 1. The van der Waals surface area contributed by atoms with Crippen molar-refractivity contribution in [3.8, 4) is 11.8 Å². The Morgan fingerprint density at radius 2 is 1.77 bits per heavy atom. The first kappa shape index (κ1) is 21.6. The zero-order chi connectivity index (χ0) is 21.5. The summed E-state index contributed by atoms with van der Waals surface area (Å²) in [6.45, 7) is 2.41. The molecular formula is C25H21IN2O2. The van der Waals surface area contributed by atoms with Crippen molar-refractivity contribution in [2.75, 3.05) is 16.8 Å². The van der Waals surface area contributed by atoms with E-state index in [1.807, 2.05) is 79.7 Å². The molecule has 3 rings (SSSR count). The number of hydrogen-bond donors (Lipinski definition) is 0. The molecule has 0 spiro atoms. The number of hydrogen-bond acceptors (Lipinski definition) is 2. The average Bonchev–Trinajstić information content (AvgIpc) is 2.76. The van der Waals surface area contributed by atoms with Gasteiger partial charge in [0, 0.05) is 27.8 Å². The smallest absolute Gasteiger partial charge is 0.302 e. The molecule has 2 amide bonds. The molecule has 30 heavy (non-hydrogen) atoms. The lowest BCUT2D eigenvalue weighted by molar-refractivity contribution is -0.113. The number of aryl methyl sites for hydroxylation is 1. The number of benzene rings is 3. The van der Waals surface area contributed by atoms with E-state index < -0.39 is 0 Å². The van der Waals surface area contributed by atoms with Crippen LogP contribution in [0.3, 0.4) is 0 Å². The molecule has 0 atom stereocenters. The first-order valence-electron chi connectivity index (χ1n) is 9.40. The molecule has 4 nitrogen and oxygen atoms in total. The highest BCUT2D eigenvalue weighted by atomic mass is 127. The van der Waals surface area contributed by atoms with Gasteiger partial charge < -0.3 is 9.80 Å². The predicted molar refractivity (Wildman–Crippen MR) is 129 cm³/mol. The summed E-state index contributed by atoms with van der Waals surface area (Å²) in [5.41, 5.74) is 4.20. The maximum absolute atomic E-state index is 12.6. The van der Waals surface area contributed by atoms with Gasteiger partial charge in [-0.3, -0.25) is 9.59 Å². The highest BCUT2D eigenvalue weighted by molar-refractivity contribution is 14.1. The van der Waals surface area contributed by atoms with E-state index in [9.17, 15) is 9.59 Å². The van der Waals surface area contributed by atoms with Gasteiger partial charge in [-0.25, -0.2) is 0 Å². The lowest BCUT2D eigenvalue weighted by atomic mass is 10.1. The Morgan fingerprint density at radius 1 is 1.03 bits per heavy atom. The van der Waals surface area contributed by atoms with Crippen LogP contribution in [0.5, 0.6) is 0 Å². The number of carbonyl (C=O) groups excluding carboxylic acids is 2. The highest BCUT2D eigenvalue weighted by Gasteiger charge is 2.12. The van der Waals surface area contributed by atoms with Crippen molar-refractivity contribution in [3.05, 3.63) is 93.1 Å². The van der Waals surface area contributed by atoms with Crippen LogP contribution in [0.4, 0.5) is 11.4 Å². The van der Waals surface area contributed by atoms with Gasteiger partial charge in [0.2, 0.25) is 6.41 Å². The lowest BCUT2D eigenvalue weighted by Gasteiger charge is -2.20. The number of rotatable bonds is 5. The molecule has 0 saturated carbocycles. The molecule has 3 aromatic rings. The average molecular weight is 508 g/mol. The molecule has 5 heteroatoms. The van der Waals surface area contributed by atoms with Gasteiger partial charge in [-0.2, -0.15) is 0 Å². The molecule has 0 aliphatic heterocycles. The van der Waals surface area contributed by atoms with Gasteiger partial charge >= 0.3 is 5.91 Å². The minimum atomic E-state index is -0.314. The summed E-state index contributed by atoms with van der Waals surface area (Å²) in [6.07, 6.45) is 0.796. The number of anilines is 2. The third-order valence-electron chi connectivity index (χ3n) is 4.64. The van der Waals surface area contributed by atoms with Crippen molar-refractivity contribution >= 4 is 46.3 Å². The predicted octanol–water partition coefficient (Wildman–Crippen LogP) is 4.78. The van der Waals surface area contributed by atoms with Crippen molar-refractivity contribution in [1.29, 1.82) is 0 Å². The second-order valence-electron chi connectivity index (χ2n) is 6.80. The Labute approximate surface area is 190 Å². The number of amides is 2. The molecule has 0 aliphatic rings. The van der Waals surface area contributed by atoms with Crippen LogP contribution in [-0.4, -0.2) is 19.4 Å². The van der Waals surface area contributed by atoms with Crippen LogP contribution in [0.2, 0.25) is 0 Å². The summed E-state index contributed by atoms with van der Waals surface area (Å²) in [6, 6.07) is 23.0. The van der Waals surface area contributed by atoms with E-state index in [4.69, 9.17) is 0 Å². The topological polar surface area (TPSA) is 40.6 Å². The third kappa shape index (κ3) is 5.28. The van der Waals surface area contributed by atoms with E-state index in [0.29, 0.717) is 17.8 Å². The van der Waals surface area contributed by atoms with Gasteiger partial charge in [0.05, 0.1) is 12.2 Å². The molecule has 0 fully saturated rings. The molecule has 0 N–H and O–H groups in total. The fraction of sp³-hybridized carbons (Fsp3) is 0.120. The molecule has 0 bridgehead atoms. The van der Waals surface area contributed by atoms with Crippen molar-refractivity contribution in [2.45, 2.75) is 13.5 Å². The minimum absolute atomic E-state index is 0.314. The summed E-state index contributed by atoms with van der Waals surface area (Å²) in [5.74, 6) is 5.34. The second kappa shape index (κ2) is 10.1. The van der Waals surface area contributed by atoms with E-state index in [1.165, 1.54) is 4.90 Å². The molecule has 0 aliphatic carbocycles. The molecule has 0 radical (unpaired) electrons. The first-order valence-corrected chi connectivity index (χ1v) is 10.5. The van der Waals surface area contributed by atoms with E-state index in [0.717, 1.165) is 26.8 Å². The van der Waals surface area contributed by atoms with Gasteiger partial charge in [0.15, 0.2) is 0 Å². The van der Waals surface area contributed by atoms with E-state index >= 15 is 0 Å². The molecule has 0 unspecified atom stereocenters. The maximum Gasteiger partial charge on any atom is 0.302 e. The molecular weight excluding hydrogens is 487 g/mol. The molecule has 150 valence electrons. The zero-order valence-electron chi connectivity index (χ0n) is 16.8. The van der Waals surface area contributed by atoms with E-state index in [-0.39, 0.29) is 5.91 Å². The summed E-state index contributed by atoms with van der Waals surface area (Å²) in [7, 11) is 1.70. The first-order chi connectivity index (χ1) is 14.5. The number of halogens is 1. The van der Waals surface area contributed by atoms with Crippen LogP contribution in [0.25, 0.3) is 0 Å². The van der Waals surface area contributed by atoms with Crippen LogP contribution >= 0.6 is 22.6 Å². The quantitative estimate of drug-likeness (QED) is 0.283. The highest BCUT2D eigenvalue weighted by Crippen LogP contribution is 2.22. The Morgan fingerprint density at radius 3 is 2.50 bits per heavy atom. The molecule has 0 saturated heterocycles. The fourth-order valence-corrected chi connectivity index (χ4v) is 3.54. The molecule has 0 heterocycles. The monoisotopic (exact) mass is 508 g/mol. The van der Waals surface area contributed by atoms with Crippen LogP contribution in [-0.2, 0) is 16.1 Å². The van der Waals surface area contributed by atoms with Crippen molar-refractivity contribution in [3.63, 3.8) is 0 Å². The largest absolute Gasteiger partial charge is 0.309 e. The maximum atomic E-state index is 12.6. The van der Waals surface area contributed by atoms with Crippen molar-refractivity contribution in [1.82, 2.24) is 0 Å². The van der Waals surface area contributed by atoms with Crippen LogP contribution in [0.1, 0.15) is 16.7 Å². The lowest BCUT2D eigenvalue weighted by Crippen LogP contribution is -2.24. The van der Waals surface area contributed by atoms with E-state index in [2.05, 4.69) is 34.4 Å². The Hall–Kier alpha value is -3.11. The summed E-state index contributed by atoms with van der Waals surface area (Å²) in [5, 5.41) is 0. The summed E-state index contributed by atoms with van der Waals surface area (Å²) < 4.78 is 1.08. The normalized spacial score (nSPS) is 9.97. The third-order valence-corrected chi connectivity index (χ3v) is 5.69. The van der Waals surface area contributed by atoms with Gasteiger partial charge in [-0.15, -0.1) is 0 Å². The summed E-state index contributed by atoms with van der Waals surface area (Å²) in [4.78, 5) is 27.5. The minimum Gasteiger partial charge on any atom is -0.309 e. The van der Waals surface area contributed by atoms with Crippen LogP contribution in [0, 0.1) is 22.3 Å². The van der Waals surface area contributed by atoms with Gasteiger partial charge in [0.25, 0.3) is 0 Å². The van der Waals surface area contributed by atoms with Gasteiger partial charge in [0.1, 0.15) is 0 Å². The van der Waals surface area contributed by atoms with E-state index in [1.54, 1.807) is 11.9 Å². The molecule has 0 aromatic heterocycles. The second-order valence-corrected chi connectivity index (χ2v) is 7.96. The molecule has 3 aromatic carbocycles. The van der Waals surface area contributed by atoms with Crippen molar-refractivity contribution in [2.24, 2.45) is 0 Å². The summed E-state index contributed by atoms with van der Waals surface area (Å²) >= 11 is 2.26. The van der Waals surface area contributed by atoms with Crippen molar-refractivity contribution < 1.29 is 9.59 Å². The standard InChI is InChI=1S/C25H21IN2O2/c1-19-8-7-11-22(16-19)27(2)25(30)15-14-20-9-4-6-13-24(20)28(18-29)17-21-10-3-5-12-23(21)26/h3-13,16,18H,17H2,1-2H3. The van der Waals surface area contributed by atoms with Gasteiger partial charge in [-0.05, 0) is 71.0 Å². The number of carbonyl (C=O) groups is 2. The van der Waals surface area contributed by atoms with Gasteiger partial charge in [-0.1, -0.05) is 48.4 Å².